The third kappa shape index (κ3) is 6.51. The van der Waals surface area contributed by atoms with Gasteiger partial charge in [-0.25, -0.2) is 5.06 Å². The molecule has 0 aliphatic rings. The Balaban J connectivity index is 2.94. The molecule has 0 radical (unpaired) electrons. The number of anilines is 1. The number of ether oxygens (including phenoxy) is 1. The summed E-state index contributed by atoms with van der Waals surface area (Å²) in [5.41, 5.74) is 0.845. The van der Waals surface area contributed by atoms with Gasteiger partial charge in [-0.1, -0.05) is 27.7 Å². The van der Waals surface area contributed by atoms with Gasteiger partial charge in [0.2, 0.25) is 0 Å². The summed E-state index contributed by atoms with van der Waals surface area (Å²) in [6.45, 7) is 13.6. The normalized spacial score (nSPS) is 14.4. The number of rotatable bonds is 9. The third-order valence-electron chi connectivity index (χ3n) is 5.34. The fraction of sp³-hybridized carbons (Fsp3) is 0.650. The Morgan fingerprint density at radius 1 is 1.19 bits per heavy atom. The molecule has 0 bridgehead atoms. The Kier molecular flexibility index (Phi) is 8.32. The minimum absolute atomic E-state index is 0.0358. The Labute approximate surface area is 165 Å². The van der Waals surface area contributed by atoms with Gasteiger partial charge in [0.1, 0.15) is 11.8 Å². The van der Waals surface area contributed by atoms with Crippen molar-refractivity contribution < 1.29 is 18.8 Å². The smallest absolute Gasteiger partial charge is 0.268 e. The molecule has 7 heteroatoms. The molecule has 2 atom stereocenters. The molecule has 6 nitrogen and oxygen atoms in total. The summed E-state index contributed by atoms with van der Waals surface area (Å²) in [6.07, 6.45) is 0. The molecule has 0 saturated heterocycles. The van der Waals surface area contributed by atoms with Crippen molar-refractivity contribution in [2.24, 2.45) is 5.92 Å². The molecule has 0 aromatic heterocycles. The van der Waals surface area contributed by atoms with Crippen LogP contribution in [0.4, 0.5) is 5.69 Å². The lowest BCUT2D eigenvalue weighted by Gasteiger charge is -2.38. The summed E-state index contributed by atoms with van der Waals surface area (Å²) in [4.78, 5) is 17.9. The average Bonchev–Trinajstić information content (AvgIpc) is 2.62. The molecule has 0 spiro atoms. The highest BCUT2D eigenvalue weighted by atomic mass is 28.4. The van der Waals surface area contributed by atoms with E-state index in [-0.39, 0.29) is 16.9 Å². The third-order valence-corrected chi connectivity index (χ3v) is 9.85. The van der Waals surface area contributed by atoms with E-state index in [1.807, 2.05) is 31.2 Å². The van der Waals surface area contributed by atoms with Gasteiger partial charge in [0, 0.05) is 25.3 Å². The number of hydrogen-bond acceptors (Lipinski definition) is 5. The van der Waals surface area contributed by atoms with Gasteiger partial charge in [0.05, 0.1) is 14.2 Å². The van der Waals surface area contributed by atoms with Gasteiger partial charge in [-0.3, -0.25) is 9.63 Å². The highest BCUT2D eigenvalue weighted by Crippen LogP contribution is 2.37. The Morgan fingerprint density at radius 3 is 2.19 bits per heavy atom. The molecule has 0 aliphatic carbocycles. The molecular formula is C20H36N2O4Si. The predicted octanol–water partition coefficient (Wildman–Crippen LogP) is 4.15. The van der Waals surface area contributed by atoms with Crippen LogP contribution in [0.1, 0.15) is 27.7 Å². The Bertz CT molecular complexity index is 599. The van der Waals surface area contributed by atoms with Crippen molar-refractivity contribution >= 4 is 19.9 Å². The number of hydrogen-bond donors (Lipinski definition) is 1. The van der Waals surface area contributed by atoms with Crippen LogP contribution in [0.25, 0.3) is 0 Å². The van der Waals surface area contributed by atoms with Crippen LogP contribution in [-0.4, -0.2) is 53.2 Å². The second-order valence-electron chi connectivity index (χ2n) is 8.42. The topological polar surface area (TPSA) is 60.0 Å². The molecule has 154 valence electrons. The van der Waals surface area contributed by atoms with Crippen LogP contribution in [0.3, 0.4) is 0 Å². The van der Waals surface area contributed by atoms with Crippen LogP contribution in [0, 0.1) is 5.92 Å². The first-order valence-corrected chi connectivity index (χ1v) is 12.2. The monoisotopic (exact) mass is 396 g/mol. The van der Waals surface area contributed by atoms with E-state index in [0.717, 1.165) is 11.4 Å². The highest BCUT2D eigenvalue weighted by Gasteiger charge is 2.38. The van der Waals surface area contributed by atoms with E-state index in [9.17, 15) is 4.79 Å². The first kappa shape index (κ1) is 23.5. The second kappa shape index (κ2) is 9.57. The minimum atomic E-state index is -1.89. The molecule has 0 unspecified atom stereocenters. The lowest BCUT2D eigenvalue weighted by Crippen LogP contribution is -2.48. The SMILES string of the molecule is COc1ccc(N[C@H](C(=O)N(C)OC)[C@@H](C)CO[Si](C)(C)C(C)(C)C)cc1. The first-order valence-electron chi connectivity index (χ1n) is 9.29. The molecule has 0 saturated carbocycles. The fourth-order valence-corrected chi connectivity index (χ4v) is 3.37. The molecule has 1 aromatic carbocycles. The molecule has 0 heterocycles. The van der Waals surface area contributed by atoms with Crippen molar-refractivity contribution in [2.75, 3.05) is 33.2 Å². The standard InChI is InChI=1S/C20H36N2O4Si/c1-15(14-26-27(8,9)20(2,3)4)18(19(23)22(5)25-7)21-16-10-12-17(24-6)13-11-16/h10-13,15,18,21H,14H2,1-9H3/t15-,18-/m0/s1. The van der Waals surface area contributed by atoms with Gasteiger partial charge in [-0.05, 0) is 42.4 Å². The zero-order valence-electron chi connectivity index (χ0n) is 18.3. The fourth-order valence-electron chi connectivity index (χ4n) is 2.25. The van der Waals surface area contributed by atoms with Crippen LogP contribution in [0.15, 0.2) is 24.3 Å². The first-order chi connectivity index (χ1) is 12.4. The summed E-state index contributed by atoms with van der Waals surface area (Å²) < 4.78 is 11.5. The molecule has 0 aliphatic heterocycles. The summed E-state index contributed by atoms with van der Waals surface area (Å²) in [5, 5.41) is 4.71. The van der Waals surface area contributed by atoms with Crippen molar-refractivity contribution in [3.63, 3.8) is 0 Å². The van der Waals surface area contributed by atoms with Crippen molar-refractivity contribution in [2.45, 2.75) is 51.9 Å². The van der Waals surface area contributed by atoms with Crippen LogP contribution in [0.5, 0.6) is 5.75 Å². The maximum atomic E-state index is 12.8. The van der Waals surface area contributed by atoms with E-state index in [1.54, 1.807) is 14.2 Å². The van der Waals surface area contributed by atoms with Gasteiger partial charge in [0.15, 0.2) is 8.32 Å². The second-order valence-corrected chi connectivity index (χ2v) is 13.2. The van der Waals surface area contributed by atoms with Gasteiger partial charge in [-0.15, -0.1) is 0 Å². The van der Waals surface area contributed by atoms with Crippen LogP contribution in [0.2, 0.25) is 18.1 Å². The van der Waals surface area contributed by atoms with Crippen molar-refractivity contribution in [3.8, 4) is 5.75 Å². The number of nitrogens with zero attached hydrogens (tertiary/aromatic N) is 1. The van der Waals surface area contributed by atoms with Crippen molar-refractivity contribution in [1.82, 2.24) is 5.06 Å². The predicted molar refractivity (Wildman–Crippen MR) is 112 cm³/mol. The van der Waals surface area contributed by atoms with Crippen LogP contribution in [-0.2, 0) is 14.1 Å². The molecule has 1 amide bonds. The minimum Gasteiger partial charge on any atom is -0.497 e. The van der Waals surface area contributed by atoms with E-state index in [4.69, 9.17) is 14.0 Å². The molecule has 1 rings (SSSR count). The van der Waals surface area contributed by atoms with Crippen molar-refractivity contribution in [3.05, 3.63) is 24.3 Å². The van der Waals surface area contributed by atoms with Crippen LogP contribution >= 0.6 is 0 Å². The van der Waals surface area contributed by atoms with Gasteiger partial charge < -0.3 is 14.5 Å². The number of benzene rings is 1. The van der Waals surface area contributed by atoms with E-state index >= 15 is 0 Å². The Hall–Kier alpha value is -1.57. The number of nitrogens with one attached hydrogen (secondary N) is 1. The maximum Gasteiger partial charge on any atom is 0.268 e. The molecule has 0 fully saturated rings. The quantitative estimate of drug-likeness (QED) is 0.502. The number of carbonyl (C=O) groups excluding carboxylic acids is 1. The Morgan fingerprint density at radius 2 is 1.74 bits per heavy atom. The number of likely N-dealkylation sites (N-methyl/N-ethyl adjacent to an activating group) is 1. The van der Waals surface area contributed by atoms with Crippen molar-refractivity contribution in [1.29, 1.82) is 0 Å². The van der Waals surface area contributed by atoms with Crippen LogP contribution < -0.4 is 10.1 Å². The van der Waals surface area contributed by atoms with E-state index < -0.39 is 14.4 Å². The zero-order chi connectivity index (χ0) is 20.8. The lowest BCUT2D eigenvalue weighted by molar-refractivity contribution is -0.170. The number of amides is 1. The van der Waals surface area contributed by atoms with Gasteiger partial charge in [0.25, 0.3) is 5.91 Å². The largest absolute Gasteiger partial charge is 0.497 e. The maximum absolute atomic E-state index is 12.8. The zero-order valence-corrected chi connectivity index (χ0v) is 19.3. The number of methoxy groups -OCH3 is 1. The number of carbonyl (C=O) groups is 1. The summed E-state index contributed by atoms with van der Waals surface area (Å²) in [5.74, 6) is 0.595. The van der Waals surface area contributed by atoms with E-state index in [2.05, 4.69) is 39.2 Å². The molecule has 1 N–H and O–H groups in total. The highest BCUT2D eigenvalue weighted by molar-refractivity contribution is 6.74. The van der Waals surface area contributed by atoms with Gasteiger partial charge in [-0.2, -0.15) is 0 Å². The van der Waals surface area contributed by atoms with E-state index in [0.29, 0.717) is 6.61 Å². The molecule has 27 heavy (non-hydrogen) atoms. The summed E-state index contributed by atoms with van der Waals surface area (Å²) >= 11 is 0. The lowest BCUT2D eigenvalue weighted by atomic mass is 10.0. The molecule has 1 aromatic rings. The summed E-state index contributed by atoms with van der Waals surface area (Å²) in [7, 11) is 2.84. The van der Waals surface area contributed by atoms with E-state index in [1.165, 1.54) is 12.2 Å². The average molecular weight is 397 g/mol. The number of hydroxylamine groups is 2. The van der Waals surface area contributed by atoms with Gasteiger partial charge >= 0.3 is 0 Å². The summed E-state index contributed by atoms with van der Waals surface area (Å²) in [6, 6.07) is 7.05. The molecular weight excluding hydrogens is 360 g/mol.